The van der Waals surface area contributed by atoms with Crippen LogP contribution in [0.1, 0.15) is 46.5 Å². The predicted octanol–water partition coefficient (Wildman–Crippen LogP) is 1.85. The second kappa shape index (κ2) is 7.19. The molecule has 0 aliphatic rings. The Morgan fingerprint density at radius 1 is 1.33 bits per heavy atom. The molecule has 0 aromatic heterocycles. The van der Waals surface area contributed by atoms with E-state index in [9.17, 15) is 8.42 Å². The van der Waals surface area contributed by atoms with Crippen molar-refractivity contribution in [3.05, 3.63) is 0 Å². The molecule has 0 heterocycles. The van der Waals surface area contributed by atoms with Crippen LogP contribution in [0.25, 0.3) is 0 Å². The van der Waals surface area contributed by atoms with Crippen molar-refractivity contribution >= 4 is 10.1 Å². The topological polar surface area (TPSA) is 69.4 Å². The van der Waals surface area contributed by atoms with Gasteiger partial charge in [-0.2, -0.15) is 8.42 Å². The molecule has 4 nitrogen and oxygen atoms in total. The monoisotopic (exact) mass is 237 g/mol. The van der Waals surface area contributed by atoms with Crippen molar-refractivity contribution in [3.8, 4) is 0 Å². The third-order valence-corrected chi connectivity index (χ3v) is 3.84. The van der Waals surface area contributed by atoms with Gasteiger partial charge < -0.3 is 5.73 Å². The van der Waals surface area contributed by atoms with E-state index in [1.54, 1.807) is 0 Å². The van der Waals surface area contributed by atoms with Crippen LogP contribution in [0, 0.1) is 5.92 Å². The molecule has 0 rings (SSSR count). The molecule has 2 atom stereocenters. The Morgan fingerprint density at radius 2 is 1.93 bits per heavy atom. The number of unbranched alkanes of at least 4 members (excludes halogenated alkanes) is 1. The molecule has 0 aromatic carbocycles. The molecule has 0 spiro atoms. The maximum absolute atomic E-state index is 11.3. The van der Waals surface area contributed by atoms with Gasteiger partial charge in [0, 0.05) is 0 Å². The molecule has 0 aliphatic heterocycles. The fourth-order valence-corrected chi connectivity index (χ4v) is 1.79. The summed E-state index contributed by atoms with van der Waals surface area (Å²) < 4.78 is 27.4. The van der Waals surface area contributed by atoms with Gasteiger partial charge in [0.2, 0.25) is 0 Å². The minimum Gasteiger partial charge on any atom is -0.313 e. The van der Waals surface area contributed by atoms with Gasteiger partial charge in [0.1, 0.15) is 5.37 Å². The highest BCUT2D eigenvalue weighted by molar-refractivity contribution is 7.87. The zero-order chi connectivity index (χ0) is 11.9. The van der Waals surface area contributed by atoms with Crippen molar-refractivity contribution in [2.45, 2.75) is 51.8 Å². The first-order chi connectivity index (χ1) is 6.94. The lowest BCUT2D eigenvalue weighted by Gasteiger charge is -2.15. The van der Waals surface area contributed by atoms with Crippen LogP contribution in [0.5, 0.6) is 0 Å². The first kappa shape index (κ1) is 14.9. The number of nitrogens with two attached hydrogens (primary N) is 1. The molecule has 0 fully saturated rings. The lowest BCUT2D eigenvalue weighted by Crippen LogP contribution is -2.30. The molecule has 15 heavy (non-hydrogen) atoms. The van der Waals surface area contributed by atoms with Crippen molar-refractivity contribution < 1.29 is 12.6 Å². The smallest absolute Gasteiger partial charge is 0.283 e. The van der Waals surface area contributed by atoms with Crippen molar-refractivity contribution in [2.24, 2.45) is 11.7 Å². The summed E-state index contributed by atoms with van der Waals surface area (Å²) in [7, 11) is -3.55. The highest BCUT2D eigenvalue weighted by atomic mass is 32.2. The fraction of sp³-hybridized carbons (Fsp3) is 1.00. The van der Waals surface area contributed by atoms with E-state index in [1.807, 2.05) is 6.92 Å². The molecule has 2 unspecified atom stereocenters. The van der Waals surface area contributed by atoms with Gasteiger partial charge in [-0.3, -0.25) is 4.18 Å². The quantitative estimate of drug-likeness (QED) is 0.654. The molecule has 5 heteroatoms. The molecule has 0 aliphatic carbocycles. The van der Waals surface area contributed by atoms with Crippen LogP contribution in [0.4, 0.5) is 0 Å². The molecule has 0 aromatic rings. The first-order valence-corrected chi connectivity index (χ1v) is 7.05. The molecular formula is C10H23NO3S. The van der Waals surface area contributed by atoms with E-state index in [4.69, 9.17) is 9.92 Å². The standard InChI is InChI=1S/C10H23NO3S/c1-4-6-7-10(5-2)8-14-15(12,13)9(3)11/h9-10H,4-8,11H2,1-3H3. The summed E-state index contributed by atoms with van der Waals surface area (Å²) in [5.41, 5.74) is 5.29. The first-order valence-electron chi connectivity index (χ1n) is 5.57. The largest absolute Gasteiger partial charge is 0.313 e. The van der Waals surface area contributed by atoms with Crippen molar-refractivity contribution in [3.63, 3.8) is 0 Å². The van der Waals surface area contributed by atoms with Crippen LogP contribution in [0.2, 0.25) is 0 Å². The summed E-state index contributed by atoms with van der Waals surface area (Å²) in [5.74, 6) is 0.318. The lowest BCUT2D eigenvalue weighted by molar-refractivity contribution is 0.236. The van der Waals surface area contributed by atoms with E-state index in [1.165, 1.54) is 6.92 Å². The van der Waals surface area contributed by atoms with Crippen molar-refractivity contribution in [1.82, 2.24) is 0 Å². The maximum atomic E-state index is 11.3. The second-order valence-corrected chi connectivity index (χ2v) is 5.86. The minimum absolute atomic E-state index is 0.264. The summed E-state index contributed by atoms with van der Waals surface area (Å²) in [6.07, 6.45) is 4.19. The van der Waals surface area contributed by atoms with Gasteiger partial charge in [0.05, 0.1) is 6.61 Å². The highest BCUT2D eigenvalue weighted by Gasteiger charge is 2.19. The van der Waals surface area contributed by atoms with Crippen LogP contribution in [-0.4, -0.2) is 20.4 Å². The molecule has 0 saturated carbocycles. The zero-order valence-corrected chi connectivity index (χ0v) is 10.7. The van der Waals surface area contributed by atoms with E-state index in [2.05, 4.69) is 6.92 Å². The Morgan fingerprint density at radius 3 is 2.33 bits per heavy atom. The van der Waals surface area contributed by atoms with E-state index in [0.717, 1.165) is 25.7 Å². The SMILES string of the molecule is CCCCC(CC)COS(=O)(=O)C(C)N. The summed E-state index contributed by atoms with van der Waals surface area (Å²) in [4.78, 5) is 0. The summed E-state index contributed by atoms with van der Waals surface area (Å²) in [6, 6.07) is 0. The van der Waals surface area contributed by atoms with Gasteiger partial charge in [-0.05, 0) is 19.3 Å². The van der Waals surface area contributed by atoms with Crippen molar-refractivity contribution in [2.75, 3.05) is 6.61 Å². The number of hydrogen-bond donors (Lipinski definition) is 1. The zero-order valence-electron chi connectivity index (χ0n) is 9.90. The van der Waals surface area contributed by atoms with Gasteiger partial charge in [0.25, 0.3) is 10.1 Å². The van der Waals surface area contributed by atoms with Crippen LogP contribution in [0.15, 0.2) is 0 Å². The van der Waals surface area contributed by atoms with E-state index >= 15 is 0 Å². The Hall–Kier alpha value is -0.130. The Kier molecular flexibility index (Phi) is 7.13. The van der Waals surface area contributed by atoms with Gasteiger partial charge in [-0.25, -0.2) is 0 Å². The third-order valence-electron chi connectivity index (χ3n) is 2.47. The fourth-order valence-electron chi connectivity index (χ4n) is 1.20. The Balaban J connectivity index is 4.00. The number of rotatable bonds is 8. The molecule has 0 saturated heterocycles. The maximum Gasteiger partial charge on any atom is 0.283 e. The third kappa shape index (κ3) is 6.12. The minimum atomic E-state index is -3.55. The Labute approximate surface area is 93.3 Å². The predicted molar refractivity (Wildman–Crippen MR) is 61.8 cm³/mol. The molecule has 92 valence electrons. The molecular weight excluding hydrogens is 214 g/mol. The highest BCUT2D eigenvalue weighted by Crippen LogP contribution is 2.14. The second-order valence-electron chi connectivity index (χ2n) is 3.90. The van der Waals surface area contributed by atoms with Gasteiger partial charge in [-0.15, -0.1) is 0 Å². The van der Waals surface area contributed by atoms with E-state index < -0.39 is 15.5 Å². The van der Waals surface area contributed by atoms with Gasteiger partial charge in [-0.1, -0.05) is 33.1 Å². The summed E-state index contributed by atoms with van der Waals surface area (Å²) >= 11 is 0. The number of hydrogen-bond acceptors (Lipinski definition) is 4. The van der Waals surface area contributed by atoms with E-state index in [0.29, 0.717) is 5.92 Å². The molecule has 0 amide bonds. The van der Waals surface area contributed by atoms with Crippen LogP contribution >= 0.6 is 0 Å². The average Bonchev–Trinajstić information content (AvgIpc) is 2.18. The summed E-state index contributed by atoms with van der Waals surface area (Å²) in [5, 5.41) is -0.943. The van der Waals surface area contributed by atoms with Crippen molar-refractivity contribution in [1.29, 1.82) is 0 Å². The van der Waals surface area contributed by atoms with Crippen LogP contribution in [0.3, 0.4) is 0 Å². The lowest BCUT2D eigenvalue weighted by atomic mass is 10.0. The normalized spacial score (nSPS) is 16.3. The Bertz CT molecular complexity index is 249. The average molecular weight is 237 g/mol. The molecule has 2 N–H and O–H groups in total. The summed E-state index contributed by atoms with van der Waals surface area (Å²) in [6.45, 7) is 5.84. The molecule has 0 bridgehead atoms. The molecule has 0 radical (unpaired) electrons. The van der Waals surface area contributed by atoms with Crippen LogP contribution < -0.4 is 5.73 Å². The van der Waals surface area contributed by atoms with Gasteiger partial charge in [0.15, 0.2) is 0 Å². The van der Waals surface area contributed by atoms with E-state index in [-0.39, 0.29) is 6.61 Å². The van der Waals surface area contributed by atoms with Crippen LogP contribution in [-0.2, 0) is 14.3 Å². The van der Waals surface area contributed by atoms with Gasteiger partial charge >= 0.3 is 0 Å².